The second-order valence-corrected chi connectivity index (χ2v) is 8.40. The third-order valence-electron chi connectivity index (χ3n) is 5.06. The summed E-state index contributed by atoms with van der Waals surface area (Å²) in [5, 5.41) is 3.37. The number of nitrogens with one attached hydrogen (secondary N) is 1. The highest BCUT2D eigenvalue weighted by atomic mass is 32.1. The second-order valence-electron chi connectivity index (χ2n) is 7.19. The molecule has 1 aromatic carbocycles. The fraction of sp³-hybridized carbons (Fsp3) is 0.429. The number of piperazine rings is 1. The van der Waals surface area contributed by atoms with Gasteiger partial charge in [-0.05, 0) is 45.5 Å². The third-order valence-corrected chi connectivity index (χ3v) is 6.06. The minimum atomic E-state index is 0.673. The van der Waals surface area contributed by atoms with Gasteiger partial charge in [0.25, 0.3) is 0 Å². The molecule has 6 nitrogen and oxygen atoms in total. The van der Waals surface area contributed by atoms with Gasteiger partial charge in [-0.15, -0.1) is 11.3 Å². The molecular weight excluding hydrogens is 370 g/mol. The fourth-order valence-electron chi connectivity index (χ4n) is 3.60. The maximum Gasteiger partial charge on any atom is 0.153 e. The van der Waals surface area contributed by atoms with E-state index in [9.17, 15) is 0 Å². The Labute approximate surface area is 170 Å². The number of likely N-dealkylation sites (N-methyl/N-ethyl adjacent to an activating group) is 1. The van der Waals surface area contributed by atoms with Gasteiger partial charge in [-0.1, -0.05) is 12.1 Å². The molecule has 1 N–H and O–H groups in total. The van der Waals surface area contributed by atoms with E-state index in [1.165, 1.54) is 16.0 Å². The van der Waals surface area contributed by atoms with Crippen molar-refractivity contribution in [1.29, 1.82) is 0 Å². The van der Waals surface area contributed by atoms with Gasteiger partial charge in [0.05, 0.1) is 12.0 Å². The van der Waals surface area contributed by atoms with Crippen molar-refractivity contribution in [3.63, 3.8) is 0 Å². The highest BCUT2D eigenvalue weighted by Gasteiger charge is 2.20. The highest BCUT2D eigenvalue weighted by molar-refractivity contribution is 7.19. The molecule has 0 spiro atoms. The van der Waals surface area contributed by atoms with Crippen LogP contribution in [0.25, 0.3) is 21.3 Å². The first kappa shape index (κ1) is 19.1. The van der Waals surface area contributed by atoms with Crippen molar-refractivity contribution in [2.75, 3.05) is 45.3 Å². The molecule has 7 heteroatoms. The average Bonchev–Trinajstić information content (AvgIpc) is 3.00. The molecule has 0 radical (unpaired) electrons. The van der Waals surface area contributed by atoms with E-state index < -0.39 is 0 Å². The summed E-state index contributed by atoms with van der Waals surface area (Å²) in [5.74, 6) is 2.59. The molecule has 0 bridgehead atoms. The van der Waals surface area contributed by atoms with Crippen LogP contribution >= 0.6 is 11.3 Å². The number of hydrazine groups is 1. The summed E-state index contributed by atoms with van der Waals surface area (Å²) in [6, 6.07) is 8.31. The second kappa shape index (κ2) is 8.03. The molecule has 2 aromatic heterocycles. The Kier molecular flexibility index (Phi) is 5.48. The SMILES string of the molecule is CCOc1ccc(-c2c(C)sc3nc(C)nc(NN4CCN(C)CC4)c23)cc1. The molecule has 3 heterocycles. The molecule has 3 aromatic rings. The summed E-state index contributed by atoms with van der Waals surface area (Å²) in [5.41, 5.74) is 5.95. The lowest BCUT2D eigenvalue weighted by atomic mass is 10.0. The maximum absolute atomic E-state index is 5.60. The van der Waals surface area contributed by atoms with Crippen LogP contribution in [-0.4, -0.2) is 59.7 Å². The number of aryl methyl sites for hydroxylation is 2. The Hall–Kier alpha value is -2.22. The van der Waals surface area contributed by atoms with Gasteiger partial charge in [0.2, 0.25) is 0 Å². The van der Waals surface area contributed by atoms with Crippen LogP contribution in [0.5, 0.6) is 5.75 Å². The molecule has 1 aliphatic rings. The number of anilines is 1. The standard InChI is InChI=1S/C21H27N5OS/c1-5-27-17-8-6-16(7-9-17)18-14(2)28-21-19(18)20(22-15(3)23-21)24-26-12-10-25(4)11-13-26/h6-9H,5,10-13H2,1-4H3,(H,22,23,24). The lowest BCUT2D eigenvalue weighted by molar-refractivity contribution is 0.178. The van der Waals surface area contributed by atoms with Crippen molar-refractivity contribution >= 4 is 27.4 Å². The first-order valence-electron chi connectivity index (χ1n) is 9.76. The van der Waals surface area contributed by atoms with Gasteiger partial charge in [0.1, 0.15) is 16.4 Å². The topological polar surface area (TPSA) is 53.5 Å². The predicted octanol–water partition coefficient (Wildman–Crippen LogP) is 3.95. The quantitative estimate of drug-likeness (QED) is 0.704. The molecule has 0 amide bonds. The van der Waals surface area contributed by atoms with E-state index in [-0.39, 0.29) is 0 Å². The zero-order valence-corrected chi connectivity index (χ0v) is 17.8. The summed E-state index contributed by atoms with van der Waals surface area (Å²) in [6.07, 6.45) is 0. The van der Waals surface area contributed by atoms with Crippen LogP contribution in [0, 0.1) is 13.8 Å². The average molecular weight is 398 g/mol. The van der Waals surface area contributed by atoms with Crippen LogP contribution in [-0.2, 0) is 0 Å². The van der Waals surface area contributed by atoms with Crippen LogP contribution in [0.2, 0.25) is 0 Å². The van der Waals surface area contributed by atoms with Crippen LogP contribution in [0.3, 0.4) is 0 Å². The van der Waals surface area contributed by atoms with Gasteiger partial charge in [-0.25, -0.2) is 15.0 Å². The van der Waals surface area contributed by atoms with Crippen LogP contribution < -0.4 is 10.2 Å². The van der Waals surface area contributed by atoms with Crippen LogP contribution in [0.15, 0.2) is 24.3 Å². The smallest absolute Gasteiger partial charge is 0.153 e. The predicted molar refractivity (Wildman–Crippen MR) is 116 cm³/mol. The molecule has 0 aliphatic carbocycles. The summed E-state index contributed by atoms with van der Waals surface area (Å²) in [6.45, 7) is 10.8. The summed E-state index contributed by atoms with van der Waals surface area (Å²) in [7, 11) is 2.16. The molecule has 28 heavy (non-hydrogen) atoms. The van der Waals surface area contributed by atoms with Crippen LogP contribution in [0.1, 0.15) is 17.6 Å². The zero-order chi connectivity index (χ0) is 19.7. The summed E-state index contributed by atoms with van der Waals surface area (Å²) < 4.78 is 5.60. The van der Waals surface area contributed by atoms with Crippen molar-refractivity contribution in [2.45, 2.75) is 20.8 Å². The Morgan fingerprint density at radius 1 is 1.07 bits per heavy atom. The Balaban J connectivity index is 1.75. The van der Waals surface area contributed by atoms with Crippen molar-refractivity contribution in [1.82, 2.24) is 19.9 Å². The van der Waals surface area contributed by atoms with Crippen LogP contribution in [0.4, 0.5) is 5.82 Å². The molecule has 148 valence electrons. The molecule has 1 fully saturated rings. The van der Waals surface area contributed by atoms with Gasteiger partial charge in [0.15, 0.2) is 5.82 Å². The van der Waals surface area contributed by atoms with E-state index in [1.54, 1.807) is 11.3 Å². The summed E-state index contributed by atoms with van der Waals surface area (Å²) in [4.78, 5) is 14.1. The number of hydrogen-bond donors (Lipinski definition) is 1. The summed E-state index contributed by atoms with van der Waals surface area (Å²) >= 11 is 1.73. The number of nitrogens with zero attached hydrogens (tertiary/aromatic N) is 4. The molecule has 0 atom stereocenters. The normalized spacial score (nSPS) is 15.9. The van der Waals surface area contributed by atoms with Crippen molar-refractivity contribution in [3.8, 4) is 16.9 Å². The van der Waals surface area contributed by atoms with E-state index in [2.05, 4.69) is 41.4 Å². The number of ether oxygens (including phenoxy) is 1. The van der Waals surface area contributed by atoms with E-state index in [0.717, 1.165) is 53.8 Å². The van der Waals surface area contributed by atoms with Gasteiger partial charge >= 0.3 is 0 Å². The molecule has 1 saturated heterocycles. The Bertz CT molecular complexity index is 961. The monoisotopic (exact) mass is 397 g/mol. The van der Waals surface area contributed by atoms with E-state index in [4.69, 9.17) is 14.7 Å². The molecular formula is C21H27N5OS. The number of thiophene rings is 1. The first-order valence-corrected chi connectivity index (χ1v) is 10.6. The number of rotatable bonds is 5. The first-order chi connectivity index (χ1) is 13.5. The van der Waals surface area contributed by atoms with Crippen molar-refractivity contribution in [2.24, 2.45) is 0 Å². The minimum absolute atomic E-state index is 0.673. The third kappa shape index (κ3) is 3.83. The largest absolute Gasteiger partial charge is 0.494 e. The number of benzene rings is 1. The number of aromatic nitrogens is 2. The Morgan fingerprint density at radius 2 is 1.79 bits per heavy atom. The van der Waals surface area contributed by atoms with E-state index in [0.29, 0.717) is 6.61 Å². The van der Waals surface area contributed by atoms with Crippen molar-refractivity contribution in [3.05, 3.63) is 35.0 Å². The lowest BCUT2D eigenvalue weighted by Gasteiger charge is -2.32. The molecule has 0 saturated carbocycles. The van der Waals surface area contributed by atoms with Crippen molar-refractivity contribution < 1.29 is 4.74 Å². The van der Waals surface area contributed by atoms with E-state index >= 15 is 0 Å². The van der Waals surface area contributed by atoms with Gasteiger partial charge in [-0.2, -0.15) is 0 Å². The zero-order valence-electron chi connectivity index (χ0n) is 17.0. The van der Waals surface area contributed by atoms with Gasteiger partial charge in [-0.3, -0.25) is 0 Å². The molecule has 0 unspecified atom stereocenters. The van der Waals surface area contributed by atoms with E-state index in [1.807, 2.05) is 26.0 Å². The number of hydrogen-bond acceptors (Lipinski definition) is 7. The highest BCUT2D eigenvalue weighted by Crippen LogP contribution is 2.41. The lowest BCUT2D eigenvalue weighted by Crippen LogP contribution is -2.47. The molecule has 4 rings (SSSR count). The number of fused-ring (bicyclic) bond motifs is 1. The molecule has 1 aliphatic heterocycles. The van der Waals surface area contributed by atoms with Gasteiger partial charge in [0, 0.05) is 36.6 Å². The fourth-order valence-corrected chi connectivity index (χ4v) is 4.69. The Morgan fingerprint density at radius 3 is 2.46 bits per heavy atom. The minimum Gasteiger partial charge on any atom is -0.494 e. The maximum atomic E-state index is 5.60. The van der Waals surface area contributed by atoms with Gasteiger partial charge < -0.3 is 15.1 Å².